The summed E-state index contributed by atoms with van der Waals surface area (Å²) in [6.07, 6.45) is 13.5. The van der Waals surface area contributed by atoms with Crippen LogP contribution in [-0.4, -0.2) is 0 Å². The summed E-state index contributed by atoms with van der Waals surface area (Å²) in [5.41, 5.74) is 0. The SMILES string of the molecule is C.CC1C=CCC2C=CCCC12. The molecule has 0 saturated heterocycles. The zero-order chi connectivity index (χ0) is 7.68. The molecule has 0 bridgehead atoms. The van der Waals surface area contributed by atoms with E-state index in [0.717, 1.165) is 17.8 Å². The average molecular weight is 164 g/mol. The maximum Gasteiger partial charge on any atom is -0.0165 e. The van der Waals surface area contributed by atoms with Crippen molar-refractivity contribution in [1.29, 1.82) is 0 Å². The molecule has 0 radical (unpaired) electrons. The highest BCUT2D eigenvalue weighted by Gasteiger charge is 2.26. The minimum atomic E-state index is 0. The lowest BCUT2D eigenvalue weighted by molar-refractivity contribution is 0.277. The zero-order valence-electron chi connectivity index (χ0n) is 7.16. The third kappa shape index (κ3) is 1.63. The number of hydrogen-bond acceptors (Lipinski definition) is 0. The van der Waals surface area contributed by atoms with Crippen molar-refractivity contribution in [2.75, 3.05) is 0 Å². The molecule has 2 aliphatic rings. The summed E-state index contributed by atoms with van der Waals surface area (Å²) in [5, 5.41) is 0. The van der Waals surface area contributed by atoms with Gasteiger partial charge in [-0.1, -0.05) is 38.7 Å². The monoisotopic (exact) mass is 164 g/mol. The van der Waals surface area contributed by atoms with E-state index in [9.17, 15) is 0 Å². The van der Waals surface area contributed by atoms with Crippen LogP contribution in [0.2, 0.25) is 0 Å². The third-order valence-electron chi connectivity index (χ3n) is 3.12. The zero-order valence-corrected chi connectivity index (χ0v) is 7.16. The molecular weight excluding hydrogens is 144 g/mol. The summed E-state index contributed by atoms with van der Waals surface area (Å²) in [6, 6.07) is 0. The highest BCUT2D eigenvalue weighted by molar-refractivity contribution is 5.08. The van der Waals surface area contributed by atoms with Crippen LogP contribution in [0.15, 0.2) is 24.3 Å². The molecule has 0 nitrogen and oxygen atoms in total. The number of fused-ring (bicyclic) bond motifs is 1. The van der Waals surface area contributed by atoms with Crippen molar-refractivity contribution in [3.63, 3.8) is 0 Å². The number of rotatable bonds is 0. The lowest BCUT2D eigenvalue weighted by Crippen LogP contribution is -2.23. The fourth-order valence-electron chi connectivity index (χ4n) is 2.42. The van der Waals surface area contributed by atoms with Gasteiger partial charge in [-0.2, -0.15) is 0 Å². The van der Waals surface area contributed by atoms with E-state index in [-0.39, 0.29) is 7.43 Å². The van der Waals surface area contributed by atoms with Crippen LogP contribution in [0.4, 0.5) is 0 Å². The van der Waals surface area contributed by atoms with E-state index in [2.05, 4.69) is 31.2 Å². The lowest BCUT2D eigenvalue weighted by Gasteiger charge is -2.33. The molecule has 0 aliphatic heterocycles. The Labute approximate surface area is 76.4 Å². The van der Waals surface area contributed by atoms with Crippen LogP contribution in [0.5, 0.6) is 0 Å². The predicted molar refractivity (Wildman–Crippen MR) is 55.0 cm³/mol. The van der Waals surface area contributed by atoms with Crippen molar-refractivity contribution in [1.82, 2.24) is 0 Å². The van der Waals surface area contributed by atoms with Crippen molar-refractivity contribution >= 4 is 0 Å². The van der Waals surface area contributed by atoms with E-state index in [1.807, 2.05) is 0 Å². The van der Waals surface area contributed by atoms with Crippen molar-refractivity contribution in [2.24, 2.45) is 17.8 Å². The Morgan fingerprint density at radius 1 is 1.17 bits per heavy atom. The summed E-state index contributed by atoms with van der Waals surface area (Å²) in [7, 11) is 0. The van der Waals surface area contributed by atoms with Gasteiger partial charge in [0.2, 0.25) is 0 Å². The minimum absolute atomic E-state index is 0. The van der Waals surface area contributed by atoms with E-state index in [1.54, 1.807) is 0 Å². The van der Waals surface area contributed by atoms with Crippen LogP contribution in [0, 0.1) is 17.8 Å². The van der Waals surface area contributed by atoms with Crippen LogP contribution in [0.3, 0.4) is 0 Å². The van der Waals surface area contributed by atoms with Crippen LogP contribution in [0.25, 0.3) is 0 Å². The molecule has 2 aliphatic carbocycles. The maximum atomic E-state index is 2.42. The Kier molecular flexibility index (Phi) is 3.13. The molecule has 68 valence electrons. The van der Waals surface area contributed by atoms with Gasteiger partial charge in [-0.15, -0.1) is 0 Å². The second kappa shape index (κ2) is 3.93. The Bertz CT molecular complexity index is 188. The van der Waals surface area contributed by atoms with Gasteiger partial charge in [-0.05, 0) is 37.0 Å². The second-order valence-electron chi connectivity index (χ2n) is 3.86. The van der Waals surface area contributed by atoms with Gasteiger partial charge in [-0.3, -0.25) is 0 Å². The highest BCUT2D eigenvalue weighted by atomic mass is 14.3. The molecule has 3 unspecified atom stereocenters. The maximum absolute atomic E-state index is 2.42. The molecule has 0 amide bonds. The molecule has 0 saturated carbocycles. The van der Waals surface area contributed by atoms with Gasteiger partial charge in [0, 0.05) is 0 Å². The molecule has 0 heteroatoms. The van der Waals surface area contributed by atoms with Gasteiger partial charge < -0.3 is 0 Å². The predicted octanol–water partition coefficient (Wildman–Crippen LogP) is 3.80. The molecule has 0 aromatic rings. The first kappa shape index (κ1) is 9.57. The van der Waals surface area contributed by atoms with Gasteiger partial charge in [0.05, 0.1) is 0 Å². The van der Waals surface area contributed by atoms with Gasteiger partial charge in [0.1, 0.15) is 0 Å². The third-order valence-corrected chi connectivity index (χ3v) is 3.12. The molecule has 12 heavy (non-hydrogen) atoms. The average Bonchev–Trinajstić information content (AvgIpc) is 2.06. The molecule has 0 spiro atoms. The summed E-state index contributed by atoms with van der Waals surface area (Å²) < 4.78 is 0. The smallest absolute Gasteiger partial charge is 0.0165 e. The summed E-state index contributed by atoms with van der Waals surface area (Å²) >= 11 is 0. The first-order chi connectivity index (χ1) is 5.38. The summed E-state index contributed by atoms with van der Waals surface area (Å²) in [5.74, 6) is 2.63. The van der Waals surface area contributed by atoms with E-state index >= 15 is 0 Å². The molecule has 0 aromatic carbocycles. The van der Waals surface area contributed by atoms with Crippen LogP contribution >= 0.6 is 0 Å². The molecule has 2 rings (SSSR count). The first-order valence-electron chi connectivity index (χ1n) is 4.71. The van der Waals surface area contributed by atoms with E-state index in [1.165, 1.54) is 19.3 Å². The van der Waals surface area contributed by atoms with E-state index in [4.69, 9.17) is 0 Å². The molecule has 0 fully saturated rings. The van der Waals surface area contributed by atoms with Crippen LogP contribution in [0.1, 0.15) is 33.6 Å². The Morgan fingerprint density at radius 3 is 2.75 bits per heavy atom. The quantitative estimate of drug-likeness (QED) is 0.478. The fraction of sp³-hybridized carbons (Fsp3) is 0.667. The molecule has 0 heterocycles. The Balaban J connectivity index is 0.000000720. The van der Waals surface area contributed by atoms with E-state index in [0.29, 0.717) is 0 Å². The normalized spacial score (nSPS) is 38.6. The summed E-state index contributed by atoms with van der Waals surface area (Å²) in [4.78, 5) is 0. The second-order valence-corrected chi connectivity index (χ2v) is 3.86. The Morgan fingerprint density at radius 2 is 2.00 bits per heavy atom. The molecule has 0 aromatic heterocycles. The van der Waals surface area contributed by atoms with Crippen molar-refractivity contribution in [3.8, 4) is 0 Å². The Hall–Kier alpha value is -0.520. The number of hydrogen-bond donors (Lipinski definition) is 0. The van der Waals surface area contributed by atoms with Gasteiger partial charge >= 0.3 is 0 Å². The molecule has 0 N–H and O–H groups in total. The fourth-order valence-corrected chi connectivity index (χ4v) is 2.42. The van der Waals surface area contributed by atoms with Crippen LogP contribution in [-0.2, 0) is 0 Å². The van der Waals surface area contributed by atoms with Crippen molar-refractivity contribution in [3.05, 3.63) is 24.3 Å². The highest BCUT2D eigenvalue weighted by Crippen LogP contribution is 2.37. The first-order valence-corrected chi connectivity index (χ1v) is 4.71. The molecular formula is C12H20. The van der Waals surface area contributed by atoms with Gasteiger partial charge in [-0.25, -0.2) is 0 Å². The molecule has 3 atom stereocenters. The topological polar surface area (TPSA) is 0 Å². The lowest BCUT2D eigenvalue weighted by atomic mass is 9.72. The van der Waals surface area contributed by atoms with E-state index < -0.39 is 0 Å². The largest absolute Gasteiger partial charge is 0.0882 e. The van der Waals surface area contributed by atoms with Crippen molar-refractivity contribution < 1.29 is 0 Å². The number of allylic oxidation sites excluding steroid dienone is 4. The van der Waals surface area contributed by atoms with Gasteiger partial charge in [0.25, 0.3) is 0 Å². The summed E-state index contributed by atoms with van der Waals surface area (Å²) in [6.45, 7) is 2.35. The minimum Gasteiger partial charge on any atom is -0.0882 e. The van der Waals surface area contributed by atoms with Crippen molar-refractivity contribution in [2.45, 2.75) is 33.6 Å². The standard InChI is InChI=1S/C11H16.CH4/c1-9-5-4-7-10-6-2-3-8-11(9)10;/h2,4-6,9-11H,3,7-8H2,1H3;1H4. The van der Waals surface area contributed by atoms with Gasteiger partial charge in [0.15, 0.2) is 0 Å². The van der Waals surface area contributed by atoms with Crippen LogP contribution < -0.4 is 0 Å².